The zero-order valence-electron chi connectivity index (χ0n) is 8.50. The quantitative estimate of drug-likeness (QED) is 0.591. The maximum Gasteiger partial charge on any atom is 0.0863 e. The summed E-state index contributed by atoms with van der Waals surface area (Å²) in [5.41, 5.74) is 0. The molecule has 0 atom stereocenters. The van der Waals surface area contributed by atoms with E-state index in [2.05, 4.69) is 15.9 Å². The molecule has 1 rings (SSSR count). The van der Waals surface area contributed by atoms with Crippen LogP contribution < -0.4 is 0 Å². The summed E-state index contributed by atoms with van der Waals surface area (Å²) in [5, 5.41) is 8.45. The van der Waals surface area contributed by atoms with Gasteiger partial charge in [0.05, 0.1) is 12.6 Å². The van der Waals surface area contributed by atoms with Crippen molar-refractivity contribution in [2.75, 3.05) is 39.8 Å². The molecular weight excluding hydrogens is 162 g/mol. The van der Waals surface area contributed by atoms with E-state index in [9.17, 15) is 0 Å². The van der Waals surface area contributed by atoms with Crippen LogP contribution in [0, 0.1) is 11.3 Å². The standard InChI is InChI=1S/C10H19N3/c1-12(10-5-11)6-4-9-13-7-2-3-8-13/h2-4,6-10H2,1H3. The largest absolute Gasteiger partial charge is 0.303 e. The van der Waals surface area contributed by atoms with Gasteiger partial charge in [-0.15, -0.1) is 0 Å². The van der Waals surface area contributed by atoms with Crippen molar-refractivity contribution in [3.63, 3.8) is 0 Å². The van der Waals surface area contributed by atoms with Crippen LogP contribution in [0.1, 0.15) is 19.3 Å². The van der Waals surface area contributed by atoms with Gasteiger partial charge in [-0.2, -0.15) is 5.26 Å². The zero-order chi connectivity index (χ0) is 9.52. The number of hydrogen-bond acceptors (Lipinski definition) is 3. The SMILES string of the molecule is CN(CC#N)CCCN1CCCC1. The van der Waals surface area contributed by atoms with E-state index in [0.29, 0.717) is 6.54 Å². The molecule has 0 bridgehead atoms. The lowest BCUT2D eigenvalue weighted by Gasteiger charge is -2.17. The summed E-state index contributed by atoms with van der Waals surface area (Å²) in [6.07, 6.45) is 3.93. The molecule has 0 unspecified atom stereocenters. The lowest BCUT2D eigenvalue weighted by atomic mass is 10.3. The van der Waals surface area contributed by atoms with Crippen molar-refractivity contribution in [3.8, 4) is 6.07 Å². The van der Waals surface area contributed by atoms with Gasteiger partial charge in [0, 0.05) is 6.54 Å². The number of nitriles is 1. The van der Waals surface area contributed by atoms with Crippen LogP contribution in [0.2, 0.25) is 0 Å². The minimum Gasteiger partial charge on any atom is -0.303 e. The maximum atomic E-state index is 8.45. The molecule has 0 aromatic heterocycles. The van der Waals surface area contributed by atoms with Crippen LogP contribution in [0.5, 0.6) is 0 Å². The van der Waals surface area contributed by atoms with Gasteiger partial charge in [0.1, 0.15) is 0 Å². The third-order valence-corrected chi connectivity index (χ3v) is 2.55. The second-order valence-corrected chi connectivity index (χ2v) is 3.80. The smallest absolute Gasteiger partial charge is 0.0863 e. The summed E-state index contributed by atoms with van der Waals surface area (Å²) in [6, 6.07) is 2.16. The Kier molecular flexibility index (Phi) is 4.81. The van der Waals surface area contributed by atoms with Crippen LogP contribution >= 0.6 is 0 Å². The molecule has 1 aliphatic heterocycles. The van der Waals surface area contributed by atoms with Crippen molar-refractivity contribution < 1.29 is 0 Å². The van der Waals surface area contributed by atoms with Gasteiger partial charge in [0.15, 0.2) is 0 Å². The van der Waals surface area contributed by atoms with E-state index in [0.717, 1.165) is 6.54 Å². The molecule has 1 fully saturated rings. The molecule has 1 heterocycles. The Bertz CT molecular complexity index is 167. The van der Waals surface area contributed by atoms with Gasteiger partial charge in [-0.1, -0.05) is 0 Å². The first-order valence-electron chi connectivity index (χ1n) is 5.11. The van der Waals surface area contributed by atoms with Crippen LogP contribution in [0.3, 0.4) is 0 Å². The first-order valence-corrected chi connectivity index (χ1v) is 5.11. The first kappa shape index (κ1) is 10.5. The maximum absolute atomic E-state index is 8.45. The van der Waals surface area contributed by atoms with Crippen molar-refractivity contribution in [1.82, 2.24) is 9.80 Å². The minimum absolute atomic E-state index is 0.556. The van der Waals surface area contributed by atoms with Crippen LogP contribution in [0.25, 0.3) is 0 Å². The van der Waals surface area contributed by atoms with Gasteiger partial charge in [0.25, 0.3) is 0 Å². The van der Waals surface area contributed by atoms with Crippen molar-refractivity contribution in [3.05, 3.63) is 0 Å². The molecule has 13 heavy (non-hydrogen) atoms. The molecule has 0 aromatic carbocycles. The van der Waals surface area contributed by atoms with Crippen LogP contribution in [0.4, 0.5) is 0 Å². The fourth-order valence-electron chi connectivity index (χ4n) is 1.77. The summed E-state index contributed by atoms with van der Waals surface area (Å²) in [7, 11) is 2.01. The lowest BCUT2D eigenvalue weighted by Crippen LogP contribution is -2.26. The Morgan fingerprint density at radius 3 is 2.69 bits per heavy atom. The second kappa shape index (κ2) is 5.95. The van der Waals surface area contributed by atoms with E-state index in [1.54, 1.807) is 0 Å². The van der Waals surface area contributed by atoms with Crippen LogP contribution in [-0.4, -0.2) is 49.6 Å². The number of nitrogens with zero attached hydrogens (tertiary/aromatic N) is 3. The van der Waals surface area contributed by atoms with Crippen molar-refractivity contribution in [2.45, 2.75) is 19.3 Å². The average molecular weight is 181 g/mol. The Labute approximate surface area is 80.9 Å². The highest BCUT2D eigenvalue weighted by Gasteiger charge is 2.10. The molecule has 3 heteroatoms. The lowest BCUT2D eigenvalue weighted by molar-refractivity contribution is 0.294. The molecular formula is C10H19N3. The molecule has 1 aliphatic rings. The molecule has 0 radical (unpaired) electrons. The van der Waals surface area contributed by atoms with Crippen molar-refractivity contribution in [2.24, 2.45) is 0 Å². The molecule has 3 nitrogen and oxygen atoms in total. The van der Waals surface area contributed by atoms with Crippen molar-refractivity contribution >= 4 is 0 Å². The second-order valence-electron chi connectivity index (χ2n) is 3.80. The van der Waals surface area contributed by atoms with Gasteiger partial charge >= 0.3 is 0 Å². The third kappa shape index (κ3) is 4.25. The topological polar surface area (TPSA) is 30.3 Å². The molecule has 74 valence electrons. The number of likely N-dealkylation sites (tertiary alicyclic amines) is 1. The minimum atomic E-state index is 0.556. The summed E-state index contributed by atoms with van der Waals surface area (Å²) < 4.78 is 0. The Morgan fingerprint density at radius 2 is 2.08 bits per heavy atom. The monoisotopic (exact) mass is 181 g/mol. The highest BCUT2D eigenvalue weighted by atomic mass is 15.1. The predicted molar refractivity (Wildman–Crippen MR) is 53.4 cm³/mol. The number of rotatable bonds is 5. The molecule has 0 spiro atoms. The van der Waals surface area contributed by atoms with Gasteiger partial charge in [-0.05, 0) is 45.9 Å². The first-order chi connectivity index (χ1) is 6.33. The van der Waals surface area contributed by atoms with Crippen molar-refractivity contribution in [1.29, 1.82) is 5.26 Å². The fourth-order valence-corrected chi connectivity index (χ4v) is 1.77. The van der Waals surface area contributed by atoms with Gasteiger partial charge in [-0.3, -0.25) is 4.90 Å². The van der Waals surface area contributed by atoms with Gasteiger partial charge in [0.2, 0.25) is 0 Å². The third-order valence-electron chi connectivity index (χ3n) is 2.55. The fraction of sp³-hybridized carbons (Fsp3) is 0.900. The summed E-state index contributed by atoms with van der Waals surface area (Å²) in [4.78, 5) is 4.59. The zero-order valence-corrected chi connectivity index (χ0v) is 8.50. The van der Waals surface area contributed by atoms with Gasteiger partial charge in [-0.25, -0.2) is 0 Å². The summed E-state index contributed by atoms with van der Waals surface area (Å²) >= 11 is 0. The van der Waals surface area contributed by atoms with E-state index < -0.39 is 0 Å². The van der Waals surface area contributed by atoms with E-state index in [-0.39, 0.29) is 0 Å². The number of hydrogen-bond donors (Lipinski definition) is 0. The molecule has 1 saturated heterocycles. The Balaban J connectivity index is 1.97. The summed E-state index contributed by atoms with van der Waals surface area (Å²) in [5.74, 6) is 0. The molecule has 0 amide bonds. The van der Waals surface area contributed by atoms with Crippen LogP contribution in [-0.2, 0) is 0 Å². The predicted octanol–water partition coefficient (Wildman–Crippen LogP) is 0.928. The normalized spacial score (nSPS) is 17.9. The molecule has 0 aliphatic carbocycles. The highest BCUT2D eigenvalue weighted by molar-refractivity contribution is 4.74. The summed E-state index contributed by atoms with van der Waals surface area (Å²) in [6.45, 7) is 5.36. The van der Waals surface area contributed by atoms with Gasteiger partial charge < -0.3 is 4.90 Å². The van der Waals surface area contributed by atoms with Crippen LogP contribution in [0.15, 0.2) is 0 Å². The van der Waals surface area contributed by atoms with E-state index in [1.807, 2.05) is 7.05 Å². The molecule has 0 N–H and O–H groups in total. The van der Waals surface area contributed by atoms with E-state index >= 15 is 0 Å². The highest BCUT2D eigenvalue weighted by Crippen LogP contribution is 2.07. The molecule has 0 aromatic rings. The Morgan fingerprint density at radius 1 is 1.38 bits per heavy atom. The Hall–Kier alpha value is -0.590. The average Bonchev–Trinajstić information content (AvgIpc) is 2.57. The molecule has 0 saturated carbocycles. The van der Waals surface area contributed by atoms with E-state index in [1.165, 1.54) is 38.9 Å². The van der Waals surface area contributed by atoms with E-state index in [4.69, 9.17) is 5.26 Å².